The van der Waals surface area contributed by atoms with E-state index in [0.717, 1.165) is 14.0 Å². The SMILES string of the molecule is O=S(=O)(C=Cc1ccccc1)N1CCN(S(=O)(=O)c2ccc(F)c(F)c2F)CC1. The Morgan fingerprint density at radius 3 is 1.97 bits per heavy atom. The molecule has 3 rings (SSSR count). The van der Waals surface area contributed by atoms with E-state index in [1.54, 1.807) is 30.3 Å². The van der Waals surface area contributed by atoms with Gasteiger partial charge in [-0.2, -0.15) is 8.61 Å². The lowest BCUT2D eigenvalue weighted by molar-refractivity contribution is 0.274. The van der Waals surface area contributed by atoms with Gasteiger partial charge in [-0.15, -0.1) is 0 Å². The summed E-state index contributed by atoms with van der Waals surface area (Å²) in [5.74, 6) is -5.17. The average Bonchev–Trinajstić information content (AvgIpc) is 2.71. The van der Waals surface area contributed by atoms with Gasteiger partial charge in [0.15, 0.2) is 17.5 Å². The number of sulfonamides is 2. The fraction of sp³-hybridized carbons (Fsp3) is 0.222. The predicted molar refractivity (Wildman–Crippen MR) is 101 cm³/mol. The fourth-order valence-electron chi connectivity index (χ4n) is 2.83. The molecule has 11 heteroatoms. The lowest BCUT2D eigenvalue weighted by atomic mass is 10.2. The Balaban J connectivity index is 1.73. The normalized spacial score (nSPS) is 17.1. The van der Waals surface area contributed by atoms with Crippen molar-refractivity contribution in [3.8, 4) is 0 Å². The molecule has 0 radical (unpaired) electrons. The van der Waals surface area contributed by atoms with E-state index in [1.807, 2.05) is 0 Å². The minimum atomic E-state index is -4.44. The zero-order chi connectivity index (χ0) is 21.2. The molecule has 0 unspecified atom stereocenters. The van der Waals surface area contributed by atoms with Crippen LogP contribution in [0.2, 0.25) is 0 Å². The van der Waals surface area contributed by atoms with Crippen LogP contribution in [0, 0.1) is 17.5 Å². The number of benzene rings is 2. The molecule has 0 saturated carbocycles. The molecule has 156 valence electrons. The summed E-state index contributed by atoms with van der Waals surface area (Å²) in [5.41, 5.74) is 0.686. The Hall–Kier alpha value is -2.21. The summed E-state index contributed by atoms with van der Waals surface area (Å²) in [7, 11) is -8.23. The standard InChI is InChI=1S/C18H17F3N2O4S2/c19-15-6-7-16(18(21)17(15)20)29(26,27)23-11-9-22(10-12-23)28(24,25)13-8-14-4-2-1-3-5-14/h1-8,13H,9-12H2. The smallest absolute Gasteiger partial charge is 0.208 e. The summed E-state index contributed by atoms with van der Waals surface area (Å²) in [6, 6.07) is 9.94. The van der Waals surface area contributed by atoms with Gasteiger partial charge in [-0.05, 0) is 23.8 Å². The van der Waals surface area contributed by atoms with Gasteiger partial charge in [0, 0.05) is 31.6 Å². The number of halogens is 3. The van der Waals surface area contributed by atoms with Crippen molar-refractivity contribution in [3.05, 3.63) is 70.9 Å². The Labute approximate surface area is 167 Å². The third-order valence-corrected chi connectivity index (χ3v) is 7.89. The van der Waals surface area contributed by atoms with E-state index in [9.17, 15) is 30.0 Å². The Kier molecular flexibility index (Phi) is 6.13. The number of piperazine rings is 1. The summed E-state index contributed by atoms with van der Waals surface area (Å²) in [6.07, 6.45) is 1.43. The van der Waals surface area contributed by atoms with Crippen molar-refractivity contribution in [3.63, 3.8) is 0 Å². The van der Waals surface area contributed by atoms with Crippen LogP contribution >= 0.6 is 0 Å². The van der Waals surface area contributed by atoms with Crippen LogP contribution in [-0.2, 0) is 20.0 Å². The van der Waals surface area contributed by atoms with Crippen molar-refractivity contribution in [1.29, 1.82) is 0 Å². The van der Waals surface area contributed by atoms with Crippen LogP contribution in [0.1, 0.15) is 5.56 Å². The monoisotopic (exact) mass is 446 g/mol. The quantitative estimate of drug-likeness (QED) is 0.662. The van der Waals surface area contributed by atoms with Gasteiger partial charge in [0.05, 0.1) is 0 Å². The molecule has 1 heterocycles. The van der Waals surface area contributed by atoms with E-state index in [4.69, 9.17) is 0 Å². The molecule has 0 aromatic heterocycles. The zero-order valence-electron chi connectivity index (χ0n) is 15.0. The van der Waals surface area contributed by atoms with Gasteiger partial charge < -0.3 is 0 Å². The molecule has 2 aromatic carbocycles. The van der Waals surface area contributed by atoms with Crippen molar-refractivity contribution < 1.29 is 30.0 Å². The van der Waals surface area contributed by atoms with Crippen molar-refractivity contribution in [2.75, 3.05) is 26.2 Å². The van der Waals surface area contributed by atoms with Crippen LogP contribution in [0.4, 0.5) is 13.2 Å². The Morgan fingerprint density at radius 2 is 1.34 bits per heavy atom. The highest BCUT2D eigenvalue weighted by molar-refractivity contribution is 7.92. The van der Waals surface area contributed by atoms with E-state index in [1.165, 1.54) is 6.08 Å². The lowest BCUT2D eigenvalue weighted by Crippen LogP contribution is -2.50. The molecule has 0 bridgehead atoms. The van der Waals surface area contributed by atoms with Gasteiger partial charge in [-0.25, -0.2) is 30.0 Å². The first-order valence-corrected chi connectivity index (χ1v) is 11.4. The first-order chi connectivity index (χ1) is 13.6. The largest absolute Gasteiger partial charge is 0.246 e. The molecule has 1 aliphatic heterocycles. The molecule has 1 saturated heterocycles. The molecule has 0 aliphatic carbocycles. The third kappa shape index (κ3) is 4.53. The van der Waals surface area contributed by atoms with Gasteiger partial charge >= 0.3 is 0 Å². The second-order valence-corrected chi connectivity index (χ2v) is 9.96. The van der Waals surface area contributed by atoms with Crippen LogP contribution in [-0.4, -0.2) is 51.6 Å². The zero-order valence-corrected chi connectivity index (χ0v) is 16.6. The predicted octanol–water partition coefficient (Wildman–Crippen LogP) is 2.41. The number of hydrogen-bond donors (Lipinski definition) is 0. The number of rotatable bonds is 5. The van der Waals surface area contributed by atoms with E-state index in [-0.39, 0.29) is 26.2 Å². The number of nitrogens with zero attached hydrogens (tertiary/aromatic N) is 2. The van der Waals surface area contributed by atoms with E-state index in [0.29, 0.717) is 17.7 Å². The topological polar surface area (TPSA) is 74.8 Å². The third-order valence-electron chi connectivity index (χ3n) is 4.41. The van der Waals surface area contributed by atoms with Gasteiger partial charge in [0.25, 0.3) is 0 Å². The molecular formula is C18H17F3N2O4S2. The van der Waals surface area contributed by atoms with Crippen molar-refractivity contribution in [1.82, 2.24) is 8.61 Å². The minimum absolute atomic E-state index is 0.161. The summed E-state index contributed by atoms with van der Waals surface area (Å²) in [4.78, 5) is -0.989. The highest BCUT2D eigenvalue weighted by Gasteiger charge is 2.34. The van der Waals surface area contributed by atoms with Crippen LogP contribution < -0.4 is 0 Å². The summed E-state index contributed by atoms with van der Waals surface area (Å²) in [6.45, 7) is -0.823. The fourth-order valence-corrected chi connectivity index (χ4v) is 5.48. The molecule has 0 amide bonds. The molecule has 1 aliphatic rings. The Morgan fingerprint density at radius 1 is 0.759 bits per heavy atom. The molecule has 1 fully saturated rings. The molecule has 0 atom stereocenters. The van der Waals surface area contributed by atoms with Crippen molar-refractivity contribution in [2.45, 2.75) is 4.90 Å². The maximum atomic E-state index is 13.9. The first kappa shape index (κ1) is 21.5. The highest BCUT2D eigenvalue weighted by atomic mass is 32.2. The Bertz CT molecular complexity index is 1130. The second kappa shape index (κ2) is 8.27. The van der Waals surface area contributed by atoms with E-state index >= 15 is 0 Å². The average molecular weight is 446 g/mol. The van der Waals surface area contributed by atoms with Crippen LogP contribution in [0.5, 0.6) is 0 Å². The molecule has 29 heavy (non-hydrogen) atoms. The molecule has 6 nitrogen and oxygen atoms in total. The highest BCUT2D eigenvalue weighted by Crippen LogP contribution is 2.24. The van der Waals surface area contributed by atoms with Crippen molar-refractivity contribution >= 4 is 26.1 Å². The maximum Gasteiger partial charge on any atom is 0.246 e. The van der Waals surface area contributed by atoms with Gasteiger partial charge in [-0.1, -0.05) is 30.3 Å². The van der Waals surface area contributed by atoms with Gasteiger partial charge in [-0.3, -0.25) is 0 Å². The van der Waals surface area contributed by atoms with E-state index < -0.39 is 42.4 Å². The van der Waals surface area contributed by atoms with Gasteiger partial charge in [0.1, 0.15) is 4.90 Å². The first-order valence-electron chi connectivity index (χ1n) is 8.50. The summed E-state index contributed by atoms with van der Waals surface area (Å²) < 4.78 is 92.3. The molecule has 2 aromatic rings. The minimum Gasteiger partial charge on any atom is -0.208 e. The molecule has 0 spiro atoms. The van der Waals surface area contributed by atoms with Crippen molar-refractivity contribution in [2.24, 2.45) is 0 Å². The maximum absolute atomic E-state index is 13.9. The van der Waals surface area contributed by atoms with Crippen LogP contribution in [0.3, 0.4) is 0 Å². The molecule has 0 N–H and O–H groups in total. The lowest BCUT2D eigenvalue weighted by Gasteiger charge is -2.32. The summed E-state index contributed by atoms with van der Waals surface area (Å²) in [5, 5.41) is 1.03. The molecular weight excluding hydrogens is 429 g/mol. The number of hydrogen-bond acceptors (Lipinski definition) is 4. The summed E-state index contributed by atoms with van der Waals surface area (Å²) >= 11 is 0. The second-order valence-electron chi connectivity index (χ2n) is 6.23. The van der Waals surface area contributed by atoms with Crippen LogP contribution in [0.15, 0.2) is 52.8 Å². The van der Waals surface area contributed by atoms with Gasteiger partial charge in [0.2, 0.25) is 20.0 Å². The van der Waals surface area contributed by atoms with Crippen LogP contribution in [0.25, 0.3) is 6.08 Å². The van der Waals surface area contributed by atoms with E-state index in [2.05, 4.69) is 0 Å².